The predicted molar refractivity (Wildman–Crippen MR) is 82.5 cm³/mol. The lowest BCUT2D eigenvalue weighted by molar-refractivity contribution is 0.0533. The molecule has 0 bridgehead atoms. The van der Waals surface area contributed by atoms with Crippen molar-refractivity contribution in [2.45, 2.75) is 51.5 Å². The second kappa shape index (κ2) is 5.28. The summed E-state index contributed by atoms with van der Waals surface area (Å²) < 4.78 is 5.11. The highest BCUT2D eigenvalue weighted by molar-refractivity contribution is 7.18. The largest absolute Gasteiger partial charge is 0.462 e. The van der Waals surface area contributed by atoms with Crippen LogP contribution in [-0.2, 0) is 4.74 Å². The van der Waals surface area contributed by atoms with Gasteiger partial charge in [-0.3, -0.25) is 0 Å². The highest BCUT2D eigenvalue weighted by Crippen LogP contribution is 2.51. The number of nitrogen functional groups attached to an aromatic ring is 1. The summed E-state index contributed by atoms with van der Waals surface area (Å²) in [6.07, 6.45) is 4.96. The van der Waals surface area contributed by atoms with Crippen LogP contribution in [0.3, 0.4) is 0 Å². The third-order valence-corrected chi connectivity index (χ3v) is 5.25. The molecular weight excluding hydrogens is 272 g/mol. The van der Waals surface area contributed by atoms with Crippen molar-refractivity contribution >= 4 is 28.0 Å². The molecule has 5 heteroatoms. The fourth-order valence-corrected chi connectivity index (χ4v) is 3.81. The van der Waals surface area contributed by atoms with E-state index < -0.39 is 0 Å². The Hall–Kier alpha value is -1.23. The van der Waals surface area contributed by atoms with Crippen molar-refractivity contribution in [1.82, 2.24) is 0 Å². The highest BCUT2D eigenvalue weighted by Gasteiger charge is 2.35. The summed E-state index contributed by atoms with van der Waals surface area (Å²) in [7, 11) is 0. The topological polar surface area (TPSA) is 64.3 Å². The lowest BCUT2D eigenvalue weighted by Gasteiger charge is -2.14. The fraction of sp³-hybridized carbons (Fsp3) is 0.667. The van der Waals surface area contributed by atoms with Crippen molar-refractivity contribution in [2.24, 2.45) is 5.92 Å². The molecule has 3 rings (SSSR count). The number of hydrogen-bond acceptors (Lipinski definition) is 5. The molecule has 0 aliphatic heterocycles. The lowest BCUT2D eigenvalue weighted by Crippen LogP contribution is -2.17. The van der Waals surface area contributed by atoms with Gasteiger partial charge in [0.1, 0.15) is 4.88 Å². The Bertz CT molecular complexity index is 518. The van der Waals surface area contributed by atoms with E-state index in [4.69, 9.17) is 10.5 Å². The number of esters is 1. The second-order valence-electron chi connectivity index (χ2n) is 5.85. The Morgan fingerprint density at radius 1 is 1.45 bits per heavy atom. The summed E-state index contributed by atoms with van der Waals surface area (Å²) in [6.45, 7) is 4.42. The van der Waals surface area contributed by atoms with Gasteiger partial charge in [-0.25, -0.2) is 4.79 Å². The molecule has 0 amide bonds. The van der Waals surface area contributed by atoms with Crippen LogP contribution in [0, 0.1) is 5.92 Å². The van der Waals surface area contributed by atoms with Gasteiger partial charge in [-0.15, -0.1) is 11.3 Å². The van der Waals surface area contributed by atoms with Gasteiger partial charge in [0.25, 0.3) is 0 Å². The standard InChI is InChI=1S/C15H22N2O2S/c1-3-19-15(18)13-12(16)11(10-6-7-10)14(20-13)17-8(2)9-4-5-9/h8-10,17H,3-7,16H2,1-2H3. The van der Waals surface area contributed by atoms with E-state index in [1.807, 2.05) is 6.92 Å². The maximum absolute atomic E-state index is 12.0. The first-order chi connectivity index (χ1) is 9.61. The van der Waals surface area contributed by atoms with Gasteiger partial charge in [-0.05, 0) is 51.4 Å². The van der Waals surface area contributed by atoms with Gasteiger partial charge in [0.05, 0.1) is 17.3 Å². The number of anilines is 2. The zero-order valence-electron chi connectivity index (χ0n) is 12.1. The van der Waals surface area contributed by atoms with Gasteiger partial charge in [-0.2, -0.15) is 0 Å². The lowest BCUT2D eigenvalue weighted by atomic mass is 10.1. The summed E-state index contributed by atoms with van der Waals surface area (Å²) in [5, 5.41) is 4.67. The molecule has 1 aromatic rings. The molecule has 2 saturated carbocycles. The number of nitrogens with two attached hydrogens (primary N) is 1. The van der Waals surface area contributed by atoms with Crippen molar-refractivity contribution < 1.29 is 9.53 Å². The number of carbonyl (C=O) groups excluding carboxylic acids is 1. The molecule has 0 saturated heterocycles. The fourth-order valence-electron chi connectivity index (χ4n) is 2.61. The smallest absolute Gasteiger partial charge is 0.350 e. The first-order valence-electron chi connectivity index (χ1n) is 7.47. The summed E-state index contributed by atoms with van der Waals surface area (Å²) in [4.78, 5) is 12.6. The summed E-state index contributed by atoms with van der Waals surface area (Å²) in [5.41, 5.74) is 8.01. The van der Waals surface area contributed by atoms with E-state index in [0.717, 1.165) is 16.5 Å². The van der Waals surface area contributed by atoms with E-state index in [9.17, 15) is 4.79 Å². The number of rotatable bonds is 6. The Kier molecular flexibility index (Phi) is 3.63. The van der Waals surface area contributed by atoms with Crippen LogP contribution in [0.25, 0.3) is 0 Å². The molecule has 1 aromatic heterocycles. The average Bonchev–Trinajstić information content (AvgIpc) is 3.28. The van der Waals surface area contributed by atoms with Crippen molar-refractivity contribution in [1.29, 1.82) is 0 Å². The Morgan fingerprint density at radius 3 is 2.70 bits per heavy atom. The zero-order chi connectivity index (χ0) is 14.3. The monoisotopic (exact) mass is 294 g/mol. The molecule has 1 atom stereocenters. The summed E-state index contributed by atoms with van der Waals surface area (Å²) in [5.74, 6) is 1.02. The number of hydrogen-bond donors (Lipinski definition) is 2. The normalized spacial score (nSPS) is 19.7. The molecular formula is C15H22N2O2S. The maximum Gasteiger partial charge on any atom is 0.350 e. The van der Waals surface area contributed by atoms with Gasteiger partial charge in [0.15, 0.2) is 0 Å². The first kappa shape index (κ1) is 13.7. The van der Waals surface area contributed by atoms with Crippen LogP contribution in [0.2, 0.25) is 0 Å². The van der Waals surface area contributed by atoms with Gasteiger partial charge < -0.3 is 15.8 Å². The third kappa shape index (κ3) is 2.64. The molecule has 2 aliphatic rings. The van der Waals surface area contributed by atoms with Crippen molar-refractivity contribution in [2.75, 3.05) is 17.7 Å². The quantitative estimate of drug-likeness (QED) is 0.787. The van der Waals surface area contributed by atoms with Crippen LogP contribution in [0.4, 0.5) is 10.7 Å². The number of thiophene rings is 1. The molecule has 0 spiro atoms. The van der Waals surface area contributed by atoms with Crippen LogP contribution in [-0.4, -0.2) is 18.6 Å². The third-order valence-electron chi connectivity index (χ3n) is 4.12. The van der Waals surface area contributed by atoms with Crippen molar-refractivity contribution in [3.63, 3.8) is 0 Å². The van der Waals surface area contributed by atoms with Gasteiger partial charge in [0.2, 0.25) is 0 Å². The minimum absolute atomic E-state index is 0.288. The minimum Gasteiger partial charge on any atom is -0.462 e. The molecule has 3 N–H and O–H groups in total. The second-order valence-corrected chi connectivity index (χ2v) is 6.87. The Balaban J connectivity index is 1.86. The molecule has 2 aliphatic carbocycles. The molecule has 1 heterocycles. The van der Waals surface area contributed by atoms with Crippen LogP contribution in [0.1, 0.15) is 60.7 Å². The van der Waals surface area contributed by atoms with E-state index in [0.29, 0.717) is 29.1 Å². The van der Waals surface area contributed by atoms with Crippen LogP contribution in [0.15, 0.2) is 0 Å². The van der Waals surface area contributed by atoms with Crippen LogP contribution >= 0.6 is 11.3 Å². The number of carbonyl (C=O) groups is 1. The Labute approximate surface area is 123 Å². The van der Waals surface area contributed by atoms with Crippen LogP contribution in [0.5, 0.6) is 0 Å². The maximum atomic E-state index is 12.0. The van der Waals surface area contributed by atoms with E-state index in [-0.39, 0.29) is 5.97 Å². The zero-order valence-corrected chi connectivity index (χ0v) is 12.9. The summed E-state index contributed by atoms with van der Waals surface area (Å²) in [6, 6.07) is 0.459. The molecule has 1 unspecified atom stereocenters. The first-order valence-corrected chi connectivity index (χ1v) is 8.29. The van der Waals surface area contributed by atoms with E-state index in [1.54, 1.807) is 0 Å². The average molecular weight is 294 g/mol. The molecule has 0 radical (unpaired) electrons. The Morgan fingerprint density at radius 2 is 2.15 bits per heavy atom. The molecule has 2 fully saturated rings. The SMILES string of the molecule is CCOC(=O)c1sc(NC(C)C2CC2)c(C2CC2)c1N. The molecule has 20 heavy (non-hydrogen) atoms. The summed E-state index contributed by atoms with van der Waals surface area (Å²) >= 11 is 1.47. The van der Waals surface area contributed by atoms with E-state index in [1.165, 1.54) is 37.0 Å². The molecule has 110 valence electrons. The van der Waals surface area contributed by atoms with E-state index >= 15 is 0 Å². The van der Waals surface area contributed by atoms with Gasteiger partial charge in [-0.1, -0.05) is 0 Å². The van der Waals surface area contributed by atoms with E-state index in [2.05, 4.69) is 12.2 Å². The molecule has 0 aromatic carbocycles. The predicted octanol–water partition coefficient (Wildman–Crippen LogP) is 3.59. The number of nitrogens with one attached hydrogen (secondary N) is 1. The number of ether oxygens (including phenoxy) is 1. The minimum atomic E-state index is -0.288. The molecule has 4 nitrogen and oxygen atoms in total. The highest BCUT2D eigenvalue weighted by atomic mass is 32.1. The van der Waals surface area contributed by atoms with Crippen LogP contribution < -0.4 is 11.1 Å². The van der Waals surface area contributed by atoms with Crippen molar-refractivity contribution in [3.8, 4) is 0 Å². The van der Waals surface area contributed by atoms with Gasteiger partial charge in [0, 0.05) is 11.6 Å². The van der Waals surface area contributed by atoms with Crippen molar-refractivity contribution in [3.05, 3.63) is 10.4 Å². The van der Waals surface area contributed by atoms with Gasteiger partial charge >= 0.3 is 5.97 Å².